The van der Waals surface area contributed by atoms with Gasteiger partial charge in [0.05, 0.1) is 29.8 Å². The first-order valence-corrected chi connectivity index (χ1v) is 11.3. The van der Waals surface area contributed by atoms with E-state index in [4.69, 9.17) is 4.74 Å². The summed E-state index contributed by atoms with van der Waals surface area (Å²) in [5, 5.41) is 4.59. The van der Waals surface area contributed by atoms with Crippen LogP contribution in [-0.4, -0.2) is 54.2 Å². The first-order valence-electron chi connectivity index (χ1n) is 9.51. The first kappa shape index (κ1) is 19.0. The Hall–Kier alpha value is -2.35. The maximum absolute atomic E-state index is 12.9. The third kappa shape index (κ3) is 3.41. The smallest absolute Gasteiger partial charge is 0.253 e. The van der Waals surface area contributed by atoms with E-state index in [1.54, 1.807) is 18.0 Å². The summed E-state index contributed by atoms with van der Waals surface area (Å²) in [6, 6.07) is 5.46. The molecule has 7 nitrogen and oxygen atoms in total. The zero-order chi connectivity index (χ0) is 20.1. The predicted molar refractivity (Wildman–Crippen MR) is 105 cm³/mol. The molecule has 0 radical (unpaired) electrons. The molecule has 0 spiro atoms. The van der Waals surface area contributed by atoms with Gasteiger partial charge in [0.2, 0.25) is 0 Å². The van der Waals surface area contributed by atoms with Crippen molar-refractivity contribution in [2.45, 2.75) is 39.3 Å². The Morgan fingerprint density at radius 3 is 2.86 bits per heavy atom. The molecule has 2 aromatic rings. The van der Waals surface area contributed by atoms with E-state index in [0.717, 1.165) is 34.7 Å². The maximum atomic E-state index is 12.9. The summed E-state index contributed by atoms with van der Waals surface area (Å²) in [6.45, 7) is 4.96. The van der Waals surface area contributed by atoms with Gasteiger partial charge in [0.1, 0.15) is 5.75 Å². The van der Waals surface area contributed by atoms with E-state index in [0.29, 0.717) is 25.1 Å². The number of carbonyl (C=O) groups is 1. The highest BCUT2D eigenvalue weighted by Gasteiger charge is 2.31. The van der Waals surface area contributed by atoms with Crippen molar-refractivity contribution < 1.29 is 17.9 Å². The van der Waals surface area contributed by atoms with Crippen molar-refractivity contribution in [1.82, 2.24) is 14.7 Å². The molecule has 2 aliphatic rings. The number of fused-ring (bicyclic) bond motifs is 1. The average Bonchev–Trinajstić information content (AvgIpc) is 3.33. The van der Waals surface area contributed by atoms with Crippen LogP contribution >= 0.6 is 0 Å². The van der Waals surface area contributed by atoms with Crippen LogP contribution in [0.2, 0.25) is 0 Å². The normalized spacial score (nSPS) is 20.0. The summed E-state index contributed by atoms with van der Waals surface area (Å²) in [4.78, 5) is 14.6. The summed E-state index contributed by atoms with van der Waals surface area (Å²) in [5.74, 6) is 1.16. The van der Waals surface area contributed by atoms with Gasteiger partial charge in [-0.1, -0.05) is 0 Å². The highest BCUT2D eigenvalue weighted by molar-refractivity contribution is 7.91. The Bertz CT molecular complexity index is 1040. The minimum Gasteiger partial charge on any atom is -0.493 e. The molecule has 3 heterocycles. The van der Waals surface area contributed by atoms with Gasteiger partial charge in [0.15, 0.2) is 9.84 Å². The lowest BCUT2D eigenvalue weighted by Crippen LogP contribution is -2.27. The maximum Gasteiger partial charge on any atom is 0.253 e. The number of rotatable bonds is 4. The van der Waals surface area contributed by atoms with E-state index < -0.39 is 9.84 Å². The number of nitrogens with zero attached hydrogens (tertiary/aromatic N) is 3. The van der Waals surface area contributed by atoms with Gasteiger partial charge in [0, 0.05) is 36.8 Å². The summed E-state index contributed by atoms with van der Waals surface area (Å²) < 4.78 is 31.0. The van der Waals surface area contributed by atoms with Crippen molar-refractivity contribution in [3.05, 3.63) is 46.3 Å². The summed E-state index contributed by atoms with van der Waals surface area (Å²) in [5.41, 5.74) is 4.47. The quantitative estimate of drug-likeness (QED) is 0.781. The predicted octanol–water partition coefficient (Wildman–Crippen LogP) is 2.07. The highest BCUT2D eigenvalue weighted by atomic mass is 32.2. The second kappa shape index (κ2) is 6.92. The number of sulfone groups is 1. The molecule has 0 saturated carbocycles. The van der Waals surface area contributed by atoms with Crippen LogP contribution < -0.4 is 4.74 Å². The Morgan fingerprint density at radius 2 is 2.14 bits per heavy atom. The molecular formula is C20H25N3O4S. The molecule has 1 atom stereocenters. The topological polar surface area (TPSA) is 81.5 Å². The Labute approximate surface area is 165 Å². The third-order valence-corrected chi connectivity index (χ3v) is 7.46. The van der Waals surface area contributed by atoms with Crippen molar-refractivity contribution >= 4 is 15.7 Å². The van der Waals surface area contributed by atoms with Crippen LogP contribution in [0.5, 0.6) is 5.75 Å². The second-order valence-electron chi connectivity index (χ2n) is 7.73. The summed E-state index contributed by atoms with van der Waals surface area (Å²) in [7, 11) is -1.20. The monoisotopic (exact) mass is 403 g/mol. The number of hydrogen-bond donors (Lipinski definition) is 0. The molecule has 0 N–H and O–H groups in total. The Balaban J connectivity index is 1.53. The highest BCUT2D eigenvalue weighted by Crippen LogP contribution is 2.28. The molecule has 8 heteroatoms. The van der Waals surface area contributed by atoms with Gasteiger partial charge in [-0.2, -0.15) is 5.10 Å². The lowest BCUT2D eigenvalue weighted by molar-refractivity contribution is 0.0784. The lowest BCUT2D eigenvalue weighted by atomic mass is 10.1. The number of ether oxygens (including phenoxy) is 1. The fraction of sp³-hybridized carbons (Fsp3) is 0.500. The van der Waals surface area contributed by atoms with Gasteiger partial charge in [0.25, 0.3) is 5.91 Å². The number of aromatic nitrogens is 2. The average molecular weight is 404 g/mol. The molecule has 1 aromatic carbocycles. The van der Waals surface area contributed by atoms with Crippen molar-refractivity contribution in [3.8, 4) is 5.75 Å². The van der Waals surface area contributed by atoms with E-state index in [1.807, 2.05) is 30.7 Å². The van der Waals surface area contributed by atoms with Gasteiger partial charge in [-0.05, 0) is 44.0 Å². The van der Waals surface area contributed by atoms with Gasteiger partial charge in [-0.25, -0.2) is 8.42 Å². The Kier molecular flexibility index (Phi) is 4.69. The number of hydrogen-bond acceptors (Lipinski definition) is 5. The van der Waals surface area contributed by atoms with E-state index in [9.17, 15) is 13.2 Å². The minimum absolute atomic E-state index is 0.0512. The number of amides is 1. The summed E-state index contributed by atoms with van der Waals surface area (Å²) >= 11 is 0. The molecular weight excluding hydrogens is 378 g/mol. The van der Waals surface area contributed by atoms with Crippen molar-refractivity contribution in [2.75, 3.05) is 25.2 Å². The molecule has 1 fully saturated rings. The van der Waals surface area contributed by atoms with E-state index >= 15 is 0 Å². The molecule has 0 unspecified atom stereocenters. The fourth-order valence-corrected chi connectivity index (χ4v) is 5.79. The Morgan fingerprint density at radius 1 is 1.36 bits per heavy atom. The molecule has 0 aliphatic carbocycles. The molecule has 4 rings (SSSR count). The van der Waals surface area contributed by atoms with Crippen LogP contribution in [0.15, 0.2) is 18.2 Å². The van der Waals surface area contributed by atoms with Gasteiger partial charge in [-0.15, -0.1) is 0 Å². The molecule has 150 valence electrons. The molecule has 28 heavy (non-hydrogen) atoms. The van der Waals surface area contributed by atoms with Gasteiger partial charge in [-0.3, -0.25) is 9.48 Å². The van der Waals surface area contributed by atoms with Gasteiger partial charge >= 0.3 is 0 Å². The molecule has 0 bridgehead atoms. The van der Waals surface area contributed by atoms with Crippen LogP contribution in [0.4, 0.5) is 0 Å². The summed E-state index contributed by atoms with van der Waals surface area (Å²) in [6.07, 6.45) is 1.42. The third-order valence-electron chi connectivity index (χ3n) is 5.71. The van der Waals surface area contributed by atoms with Gasteiger partial charge < -0.3 is 9.64 Å². The first-order chi connectivity index (χ1) is 13.2. The van der Waals surface area contributed by atoms with Crippen LogP contribution in [0, 0.1) is 13.8 Å². The van der Waals surface area contributed by atoms with Crippen molar-refractivity contribution in [2.24, 2.45) is 0 Å². The van der Waals surface area contributed by atoms with E-state index in [-0.39, 0.29) is 23.5 Å². The van der Waals surface area contributed by atoms with Crippen LogP contribution in [-0.2, 0) is 22.8 Å². The van der Waals surface area contributed by atoms with E-state index in [1.165, 1.54) is 0 Å². The number of benzene rings is 1. The molecule has 1 amide bonds. The van der Waals surface area contributed by atoms with Crippen LogP contribution in [0.3, 0.4) is 0 Å². The van der Waals surface area contributed by atoms with E-state index in [2.05, 4.69) is 5.10 Å². The molecule has 1 saturated heterocycles. The van der Waals surface area contributed by atoms with Crippen LogP contribution in [0.1, 0.15) is 45.3 Å². The zero-order valence-corrected chi connectivity index (χ0v) is 17.3. The standard InChI is InChI=1S/C20H25N3O4S/c1-13-18(14(2)23(21-13)17-7-9-28(25,26)12-17)11-22(3)20(24)16-4-5-19-15(10-16)6-8-27-19/h4-5,10,17H,6-9,11-12H2,1-3H3/t17-/m1/s1. The lowest BCUT2D eigenvalue weighted by Gasteiger charge is -2.18. The second-order valence-corrected chi connectivity index (χ2v) is 9.96. The number of aryl methyl sites for hydroxylation is 1. The van der Waals surface area contributed by atoms with Crippen molar-refractivity contribution in [3.63, 3.8) is 0 Å². The fourth-order valence-electron chi connectivity index (χ4n) is 4.10. The zero-order valence-electron chi connectivity index (χ0n) is 16.4. The minimum atomic E-state index is -2.98. The molecule has 2 aliphatic heterocycles. The largest absolute Gasteiger partial charge is 0.493 e. The van der Waals surface area contributed by atoms with Crippen molar-refractivity contribution in [1.29, 1.82) is 0 Å². The number of carbonyl (C=O) groups excluding carboxylic acids is 1. The van der Waals surface area contributed by atoms with Crippen LogP contribution in [0.25, 0.3) is 0 Å². The molecule has 1 aromatic heterocycles. The SMILES string of the molecule is Cc1nn([C@@H]2CCS(=O)(=O)C2)c(C)c1CN(C)C(=O)c1ccc2c(c1)CCO2.